The van der Waals surface area contributed by atoms with Crippen molar-refractivity contribution in [2.45, 2.75) is 13.8 Å². The van der Waals surface area contributed by atoms with Gasteiger partial charge in [-0.15, -0.1) is 0 Å². The molecule has 0 saturated carbocycles. The summed E-state index contributed by atoms with van der Waals surface area (Å²) in [4.78, 5) is 21.3. The Kier molecular flexibility index (Phi) is 7.29. The molecule has 72 valence electrons. The molecule has 0 saturated heterocycles. The fourth-order valence-electron chi connectivity index (χ4n) is 0.451. The number of carbonyl (C=O) groups is 1. The molecule has 0 fully saturated rings. The SMILES string of the molecule is CCOC(=O)COP([O-])OCC. The fraction of sp³-hybridized carbons (Fsp3) is 0.833. The summed E-state index contributed by atoms with van der Waals surface area (Å²) >= 11 is 0. The van der Waals surface area contributed by atoms with Gasteiger partial charge in [0.25, 0.3) is 0 Å². The van der Waals surface area contributed by atoms with Crippen LogP contribution in [0.25, 0.3) is 0 Å². The summed E-state index contributed by atoms with van der Waals surface area (Å²) in [6.07, 6.45) is 0. The first-order chi connectivity index (χ1) is 5.70. The highest BCUT2D eigenvalue weighted by Gasteiger charge is 2.02. The zero-order chi connectivity index (χ0) is 9.40. The van der Waals surface area contributed by atoms with Crippen molar-refractivity contribution in [3.8, 4) is 0 Å². The van der Waals surface area contributed by atoms with Crippen LogP contribution >= 0.6 is 8.60 Å². The number of hydrogen-bond acceptors (Lipinski definition) is 5. The molecule has 0 aliphatic rings. The number of carbonyl (C=O) groups excluding carboxylic acids is 1. The summed E-state index contributed by atoms with van der Waals surface area (Å²) in [5, 5.41) is 0. The van der Waals surface area contributed by atoms with Crippen molar-refractivity contribution in [3.05, 3.63) is 0 Å². The van der Waals surface area contributed by atoms with Gasteiger partial charge in [-0.2, -0.15) is 0 Å². The predicted molar refractivity (Wildman–Crippen MR) is 41.1 cm³/mol. The maximum atomic E-state index is 10.6. The lowest BCUT2D eigenvalue weighted by Crippen LogP contribution is -2.13. The van der Waals surface area contributed by atoms with Gasteiger partial charge in [0.15, 0.2) is 0 Å². The van der Waals surface area contributed by atoms with Crippen molar-refractivity contribution in [1.29, 1.82) is 0 Å². The second kappa shape index (κ2) is 7.43. The van der Waals surface area contributed by atoms with E-state index in [2.05, 4.69) is 13.8 Å². The van der Waals surface area contributed by atoms with E-state index in [9.17, 15) is 9.69 Å². The largest absolute Gasteiger partial charge is 0.786 e. The van der Waals surface area contributed by atoms with E-state index in [1.54, 1.807) is 13.8 Å². The summed E-state index contributed by atoms with van der Waals surface area (Å²) in [5.74, 6) is -0.541. The van der Waals surface area contributed by atoms with Crippen molar-refractivity contribution < 1.29 is 23.5 Å². The molecule has 12 heavy (non-hydrogen) atoms. The molecular weight excluding hydrogens is 183 g/mol. The molecule has 0 spiro atoms. The van der Waals surface area contributed by atoms with Crippen molar-refractivity contribution in [1.82, 2.24) is 0 Å². The zero-order valence-corrected chi connectivity index (χ0v) is 8.00. The number of esters is 1. The number of hydrogen-bond donors (Lipinski definition) is 0. The zero-order valence-electron chi connectivity index (χ0n) is 7.11. The quantitative estimate of drug-likeness (QED) is 0.447. The van der Waals surface area contributed by atoms with Crippen LogP contribution in [-0.4, -0.2) is 25.8 Å². The molecule has 0 aromatic carbocycles. The number of rotatable bonds is 6. The molecule has 6 heteroatoms. The van der Waals surface area contributed by atoms with Crippen LogP contribution in [0.5, 0.6) is 0 Å². The standard InChI is InChI=1S/C6H12O5P/c1-3-9-6(7)5-11-12(8)10-4-2/h3-5H2,1-2H3/q-1. The van der Waals surface area contributed by atoms with Gasteiger partial charge < -0.3 is 18.7 Å². The molecule has 0 radical (unpaired) electrons. The van der Waals surface area contributed by atoms with Gasteiger partial charge in [-0.25, -0.2) is 4.79 Å². The topological polar surface area (TPSA) is 67.8 Å². The minimum absolute atomic E-state index is 0.285. The van der Waals surface area contributed by atoms with Gasteiger partial charge in [0.1, 0.15) is 6.61 Å². The lowest BCUT2D eigenvalue weighted by Gasteiger charge is -2.20. The van der Waals surface area contributed by atoms with Crippen molar-refractivity contribution in [2.75, 3.05) is 19.8 Å². The van der Waals surface area contributed by atoms with E-state index >= 15 is 0 Å². The Morgan fingerprint density at radius 2 is 2.00 bits per heavy atom. The average Bonchev–Trinajstić information content (AvgIpc) is 2.02. The van der Waals surface area contributed by atoms with Crippen LogP contribution in [0.3, 0.4) is 0 Å². The second-order valence-corrected chi connectivity index (χ2v) is 2.68. The smallest absolute Gasteiger partial charge is 0.332 e. The van der Waals surface area contributed by atoms with E-state index in [1.807, 2.05) is 0 Å². The van der Waals surface area contributed by atoms with Crippen LogP contribution in [0.15, 0.2) is 0 Å². The summed E-state index contributed by atoms with van der Waals surface area (Å²) in [6, 6.07) is 0. The minimum atomic E-state index is -2.17. The molecule has 0 aliphatic carbocycles. The van der Waals surface area contributed by atoms with Crippen LogP contribution in [0.4, 0.5) is 0 Å². The third kappa shape index (κ3) is 6.49. The summed E-state index contributed by atoms with van der Waals surface area (Å²) in [5.41, 5.74) is 0. The van der Waals surface area contributed by atoms with Gasteiger partial charge in [-0.3, -0.25) is 0 Å². The normalized spacial score (nSPS) is 12.6. The van der Waals surface area contributed by atoms with Crippen molar-refractivity contribution in [2.24, 2.45) is 0 Å². The van der Waals surface area contributed by atoms with Gasteiger partial charge in [0.2, 0.25) is 0 Å². The van der Waals surface area contributed by atoms with Crippen LogP contribution in [0.1, 0.15) is 13.8 Å². The highest BCUT2D eigenvalue weighted by atomic mass is 31.2. The minimum Gasteiger partial charge on any atom is -0.786 e. The van der Waals surface area contributed by atoms with Crippen LogP contribution in [0.2, 0.25) is 0 Å². The summed E-state index contributed by atoms with van der Waals surface area (Å²) in [6.45, 7) is 3.61. The van der Waals surface area contributed by atoms with E-state index in [0.29, 0.717) is 0 Å². The Morgan fingerprint density at radius 1 is 1.33 bits per heavy atom. The molecule has 0 aliphatic heterocycles. The Morgan fingerprint density at radius 3 is 2.50 bits per heavy atom. The van der Waals surface area contributed by atoms with Crippen LogP contribution in [-0.2, 0) is 18.6 Å². The lowest BCUT2D eigenvalue weighted by atomic mass is 10.7. The molecule has 0 N–H and O–H groups in total. The molecule has 5 nitrogen and oxygen atoms in total. The monoisotopic (exact) mass is 195 g/mol. The molecule has 1 atom stereocenters. The van der Waals surface area contributed by atoms with Gasteiger partial charge in [0, 0.05) is 6.61 Å². The molecule has 0 bridgehead atoms. The summed E-state index contributed by atoms with van der Waals surface area (Å²) in [7, 11) is -2.17. The molecule has 0 amide bonds. The maximum Gasteiger partial charge on any atom is 0.332 e. The maximum absolute atomic E-state index is 10.6. The van der Waals surface area contributed by atoms with Crippen LogP contribution < -0.4 is 4.89 Å². The van der Waals surface area contributed by atoms with Gasteiger partial charge >= 0.3 is 5.97 Å². The first-order valence-corrected chi connectivity index (χ1v) is 4.69. The third-order valence-corrected chi connectivity index (χ3v) is 1.64. The Bertz CT molecular complexity index is 129. The van der Waals surface area contributed by atoms with E-state index in [-0.39, 0.29) is 19.8 Å². The fourth-order valence-corrected chi connectivity index (χ4v) is 0.947. The van der Waals surface area contributed by atoms with Crippen molar-refractivity contribution >= 4 is 14.6 Å². The molecular formula is C6H12O5P-. The Hall–Kier alpha value is -0.220. The Balaban J connectivity index is 3.33. The first-order valence-electron chi connectivity index (χ1n) is 3.59. The molecule has 0 heterocycles. The molecule has 0 rings (SSSR count). The molecule has 1 unspecified atom stereocenters. The highest BCUT2D eigenvalue weighted by molar-refractivity contribution is 7.39. The van der Waals surface area contributed by atoms with E-state index in [1.165, 1.54) is 0 Å². The molecule has 0 aromatic rings. The van der Waals surface area contributed by atoms with Gasteiger partial charge in [-0.1, -0.05) is 0 Å². The van der Waals surface area contributed by atoms with E-state index < -0.39 is 14.6 Å². The average molecular weight is 195 g/mol. The van der Waals surface area contributed by atoms with Crippen molar-refractivity contribution in [3.63, 3.8) is 0 Å². The summed E-state index contributed by atoms with van der Waals surface area (Å²) < 4.78 is 13.6. The molecule has 0 aromatic heterocycles. The van der Waals surface area contributed by atoms with E-state index in [4.69, 9.17) is 0 Å². The second-order valence-electron chi connectivity index (χ2n) is 1.72. The Labute approximate surface area is 72.6 Å². The van der Waals surface area contributed by atoms with Gasteiger partial charge in [-0.05, 0) is 13.8 Å². The third-order valence-electron chi connectivity index (χ3n) is 0.828. The highest BCUT2D eigenvalue weighted by Crippen LogP contribution is 2.26. The van der Waals surface area contributed by atoms with E-state index in [0.717, 1.165) is 0 Å². The lowest BCUT2D eigenvalue weighted by molar-refractivity contribution is -0.205. The number of ether oxygens (including phenoxy) is 1. The predicted octanol–water partition coefficient (Wildman–Crippen LogP) is 0.190. The van der Waals surface area contributed by atoms with Crippen LogP contribution in [0, 0.1) is 0 Å². The first kappa shape index (κ1) is 11.8. The van der Waals surface area contributed by atoms with Gasteiger partial charge in [0.05, 0.1) is 15.2 Å².